The molecule has 2 rings (SSSR count). The van der Waals surface area contributed by atoms with Crippen LogP contribution < -0.4 is 10.0 Å². The SMILES string of the molecule is CCNCc1cc(S(=O)(=O)NCc2cn[nH]c2C)c(Br)o1. The van der Waals surface area contributed by atoms with Gasteiger partial charge < -0.3 is 9.73 Å². The molecule has 0 aliphatic rings. The van der Waals surface area contributed by atoms with E-state index in [0.717, 1.165) is 17.8 Å². The molecule has 3 N–H and O–H groups in total. The number of nitrogens with one attached hydrogen (secondary N) is 3. The van der Waals surface area contributed by atoms with Crippen molar-refractivity contribution >= 4 is 26.0 Å². The summed E-state index contributed by atoms with van der Waals surface area (Å²) >= 11 is 3.15. The lowest BCUT2D eigenvalue weighted by Gasteiger charge is -2.04. The summed E-state index contributed by atoms with van der Waals surface area (Å²) in [6, 6.07) is 1.51. The van der Waals surface area contributed by atoms with Crippen LogP contribution in [0.25, 0.3) is 0 Å². The number of hydrogen-bond donors (Lipinski definition) is 3. The van der Waals surface area contributed by atoms with Crippen LogP contribution in [0.3, 0.4) is 0 Å². The first kappa shape index (κ1) is 16.2. The minimum atomic E-state index is -3.65. The van der Waals surface area contributed by atoms with Gasteiger partial charge >= 0.3 is 0 Å². The van der Waals surface area contributed by atoms with Gasteiger partial charge in [-0.15, -0.1) is 0 Å². The summed E-state index contributed by atoms with van der Waals surface area (Å²) in [6.07, 6.45) is 1.60. The van der Waals surface area contributed by atoms with Crippen molar-refractivity contribution in [2.75, 3.05) is 6.54 Å². The summed E-state index contributed by atoms with van der Waals surface area (Å²) in [4.78, 5) is 0.0940. The molecule has 0 amide bonds. The maximum Gasteiger partial charge on any atom is 0.245 e. The van der Waals surface area contributed by atoms with Crippen molar-refractivity contribution in [2.24, 2.45) is 0 Å². The summed E-state index contributed by atoms with van der Waals surface area (Å²) < 4.78 is 32.7. The summed E-state index contributed by atoms with van der Waals surface area (Å²) in [5.74, 6) is 0.559. The number of aromatic amines is 1. The monoisotopic (exact) mass is 376 g/mol. The summed E-state index contributed by atoms with van der Waals surface area (Å²) in [6.45, 7) is 5.22. The van der Waals surface area contributed by atoms with Gasteiger partial charge in [0.1, 0.15) is 10.7 Å². The molecule has 0 radical (unpaired) electrons. The van der Waals surface area contributed by atoms with Crippen molar-refractivity contribution < 1.29 is 12.8 Å². The highest BCUT2D eigenvalue weighted by atomic mass is 79.9. The summed E-state index contributed by atoms with van der Waals surface area (Å²) in [7, 11) is -3.65. The molecular formula is C12H17BrN4O3S. The Balaban J connectivity index is 2.12. The van der Waals surface area contributed by atoms with Gasteiger partial charge in [0.25, 0.3) is 0 Å². The molecule has 0 spiro atoms. The van der Waals surface area contributed by atoms with E-state index < -0.39 is 10.0 Å². The quantitative estimate of drug-likeness (QED) is 0.682. The molecule has 21 heavy (non-hydrogen) atoms. The smallest absolute Gasteiger partial charge is 0.245 e. The third-order valence-electron chi connectivity index (χ3n) is 2.93. The van der Waals surface area contributed by atoms with E-state index in [4.69, 9.17) is 4.42 Å². The van der Waals surface area contributed by atoms with E-state index >= 15 is 0 Å². The van der Waals surface area contributed by atoms with Crippen LogP contribution in [0, 0.1) is 6.92 Å². The van der Waals surface area contributed by atoms with Gasteiger partial charge in [-0.25, -0.2) is 13.1 Å². The first-order chi connectivity index (χ1) is 9.94. The average Bonchev–Trinajstić information content (AvgIpc) is 3.00. The van der Waals surface area contributed by atoms with Gasteiger partial charge in [-0.05, 0) is 29.4 Å². The standard InChI is InChI=1S/C12H17BrN4O3S/c1-3-14-7-10-4-11(12(13)20-10)21(18,19)16-6-9-5-15-17-8(9)2/h4-5,14,16H,3,6-7H2,1-2H3,(H,15,17). The molecule has 9 heteroatoms. The van der Waals surface area contributed by atoms with Crippen LogP contribution in [0.1, 0.15) is 23.9 Å². The molecule has 0 atom stereocenters. The Morgan fingerprint density at radius 1 is 1.43 bits per heavy atom. The van der Waals surface area contributed by atoms with E-state index in [2.05, 4.69) is 36.2 Å². The fraction of sp³-hybridized carbons (Fsp3) is 0.417. The molecule has 2 aromatic rings. The predicted molar refractivity (Wildman–Crippen MR) is 81.1 cm³/mol. The number of aryl methyl sites for hydroxylation is 1. The Morgan fingerprint density at radius 2 is 2.19 bits per heavy atom. The lowest BCUT2D eigenvalue weighted by molar-refractivity contribution is 0.464. The topological polar surface area (TPSA) is 100 Å². The maximum absolute atomic E-state index is 12.3. The second-order valence-corrected chi connectivity index (χ2v) is 6.93. The molecule has 2 aromatic heterocycles. The van der Waals surface area contributed by atoms with Crippen molar-refractivity contribution in [3.05, 3.63) is 34.0 Å². The fourth-order valence-electron chi connectivity index (χ4n) is 1.72. The first-order valence-corrected chi connectivity index (χ1v) is 8.69. The fourth-order valence-corrected chi connectivity index (χ4v) is 3.72. The van der Waals surface area contributed by atoms with E-state index in [1.807, 2.05) is 13.8 Å². The molecule has 0 unspecified atom stereocenters. The lowest BCUT2D eigenvalue weighted by atomic mass is 10.3. The zero-order valence-corrected chi connectivity index (χ0v) is 14.1. The largest absolute Gasteiger partial charge is 0.452 e. The van der Waals surface area contributed by atoms with Crippen molar-refractivity contribution in [2.45, 2.75) is 31.8 Å². The van der Waals surface area contributed by atoms with Crippen molar-refractivity contribution in [1.82, 2.24) is 20.2 Å². The molecule has 0 saturated carbocycles. The zero-order valence-electron chi connectivity index (χ0n) is 11.7. The van der Waals surface area contributed by atoms with E-state index in [1.165, 1.54) is 6.07 Å². The minimum absolute atomic E-state index is 0.0940. The highest BCUT2D eigenvalue weighted by molar-refractivity contribution is 9.10. The van der Waals surface area contributed by atoms with Crippen LogP contribution in [0.2, 0.25) is 0 Å². The second kappa shape index (κ2) is 6.73. The Labute approximate surface area is 131 Å². The van der Waals surface area contributed by atoms with Gasteiger partial charge in [0, 0.05) is 23.9 Å². The van der Waals surface area contributed by atoms with E-state index in [9.17, 15) is 8.42 Å². The molecule has 0 aliphatic carbocycles. The Bertz CT molecular complexity index is 708. The van der Waals surface area contributed by atoms with Crippen LogP contribution in [-0.2, 0) is 23.1 Å². The number of halogens is 1. The van der Waals surface area contributed by atoms with Crippen molar-refractivity contribution in [1.29, 1.82) is 0 Å². The number of sulfonamides is 1. The predicted octanol–water partition coefficient (Wildman–Crippen LogP) is 1.66. The number of aromatic nitrogens is 2. The third-order valence-corrected chi connectivity index (χ3v) is 5.19. The zero-order chi connectivity index (χ0) is 15.5. The van der Waals surface area contributed by atoms with Crippen LogP contribution in [0.5, 0.6) is 0 Å². The van der Waals surface area contributed by atoms with Gasteiger partial charge in [0.15, 0.2) is 4.67 Å². The minimum Gasteiger partial charge on any atom is -0.452 e. The van der Waals surface area contributed by atoms with Gasteiger partial charge in [0.2, 0.25) is 10.0 Å². The summed E-state index contributed by atoms with van der Waals surface area (Å²) in [5, 5.41) is 9.69. The molecule has 0 saturated heterocycles. The molecular weight excluding hydrogens is 360 g/mol. The second-order valence-electron chi connectivity index (χ2n) is 4.48. The molecule has 116 valence electrons. The van der Waals surface area contributed by atoms with E-state index in [1.54, 1.807) is 6.20 Å². The Hall–Kier alpha value is -1.16. The van der Waals surface area contributed by atoms with Crippen LogP contribution in [-0.4, -0.2) is 25.2 Å². The normalized spacial score (nSPS) is 12.0. The first-order valence-electron chi connectivity index (χ1n) is 6.41. The third kappa shape index (κ3) is 3.94. The van der Waals surface area contributed by atoms with Gasteiger partial charge in [-0.3, -0.25) is 5.10 Å². The molecule has 2 heterocycles. The van der Waals surface area contributed by atoms with Crippen LogP contribution in [0.15, 0.2) is 26.2 Å². The summed E-state index contributed by atoms with van der Waals surface area (Å²) in [5.41, 5.74) is 1.63. The van der Waals surface area contributed by atoms with Crippen molar-refractivity contribution in [3.8, 4) is 0 Å². The molecule has 0 aromatic carbocycles. The van der Waals surface area contributed by atoms with E-state index in [-0.39, 0.29) is 16.1 Å². The molecule has 7 nitrogen and oxygen atoms in total. The molecule has 0 aliphatic heterocycles. The van der Waals surface area contributed by atoms with Crippen molar-refractivity contribution in [3.63, 3.8) is 0 Å². The molecule has 0 fully saturated rings. The van der Waals surface area contributed by atoms with Gasteiger partial charge in [0.05, 0.1) is 12.7 Å². The number of hydrogen-bond acceptors (Lipinski definition) is 5. The molecule has 0 bridgehead atoms. The highest BCUT2D eigenvalue weighted by Crippen LogP contribution is 2.26. The lowest BCUT2D eigenvalue weighted by Crippen LogP contribution is -2.23. The Morgan fingerprint density at radius 3 is 2.81 bits per heavy atom. The van der Waals surface area contributed by atoms with Crippen LogP contribution >= 0.6 is 15.9 Å². The highest BCUT2D eigenvalue weighted by Gasteiger charge is 2.22. The van der Waals surface area contributed by atoms with Crippen LogP contribution in [0.4, 0.5) is 0 Å². The average molecular weight is 377 g/mol. The number of H-pyrrole nitrogens is 1. The van der Waals surface area contributed by atoms with E-state index in [0.29, 0.717) is 12.3 Å². The number of rotatable bonds is 7. The van der Waals surface area contributed by atoms with Gasteiger partial charge in [-0.2, -0.15) is 5.10 Å². The Kier molecular flexibility index (Phi) is 5.20. The maximum atomic E-state index is 12.3. The number of furan rings is 1. The van der Waals surface area contributed by atoms with Gasteiger partial charge in [-0.1, -0.05) is 6.92 Å². The number of nitrogens with zero attached hydrogens (tertiary/aromatic N) is 1.